The van der Waals surface area contributed by atoms with Crippen LogP contribution in [-0.4, -0.2) is 30.7 Å². The van der Waals surface area contributed by atoms with Gasteiger partial charge in [0.15, 0.2) is 0 Å². The van der Waals surface area contributed by atoms with Crippen LogP contribution in [0.3, 0.4) is 0 Å². The molecular formula is C18H26Cl2FN3O4S. The molecule has 0 aliphatic heterocycles. The summed E-state index contributed by atoms with van der Waals surface area (Å²) in [4.78, 5) is 11.2. The molecule has 2 rings (SSSR count). The fraction of sp³-hybridized carbons (Fsp3) is 0.278. The first-order valence-electron chi connectivity index (χ1n) is 7.95. The maximum atomic E-state index is 13.1. The third-order valence-electron chi connectivity index (χ3n) is 3.47. The lowest BCUT2D eigenvalue weighted by Crippen LogP contribution is -2.51. The summed E-state index contributed by atoms with van der Waals surface area (Å²) >= 11 is 0. The van der Waals surface area contributed by atoms with Gasteiger partial charge in [-0.1, -0.05) is 24.3 Å². The second kappa shape index (κ2) is 12.6. The van der Waals surface area contributed by atoms with Crippen molar-refractivity contribution in [2.24, 2.45) is 11.5 Å². The molecule has 11 heteroatoms. The molecule has 0 heterocycles. The zero-order chi connectivity index (χ0) is 20.7. The lowest BCUT2D eigenvalue weighted by atomic mass is 9.93. The van der Waals surface area contributed by atoms with Crippen molar-refractivity contribution in [3.8, 4) is 0 Å². The van der Waals surface area contributed by atoms with Crippen LogP contribution in [0.4, 0.5) is 10.1 Å². The summed E-state index contributed by atoms with van der Waals surface area (Å²) in [7, 11) is -3.67. The number of halogens is 3. The number of anilines is 1. The first kappa shape index (κ1) is 29.3. The number of rotatable bonds is 6. The number of nitrogens with one attached hydrogen (secondary N) is 1. The Morgan fingerprint density at radius 3 is 2.10 bits per heavy atom. The molecule has 7 nitrogen and oxygen atoms in total. The molecule has 2 aromatic rings. The molecule has 2 aromatic carbocycles. The van der Waals surface area contributed by atoms with Crippen molar-refractivity contribution in [1.29, 1.82) is 0 Å². The van der Waals surface area contributed by atoms with E-state index in [1.54, 1.807) is 13.0 Å². The van der Waals surface area contributed by atoms with Gasteiger partial charge < -0.3 is 16.8 Å². The van der Waals surface area contributed by atoms with E-state index in [0.29, 0.717) is 19.2 Å². The summed E-state index contributed by atoms with van der Waals surface area (Å²) in [6.07, 6.45) is 1.10. The summed E-state index contributed by atoms with van der Waals surface area (Å²) in [6, 6.07) is 14.0. The van der Waals surface area contributed by atoms with Crippen LogP contribution in [0.15, 0.2) is 48.5 Å². The van der Waals surface area contributed by atoms with Gasteiger partial charge in [0, 0.05) is 12.2 Å². The largest absolute Gasteiger partial charge is 0.381 e. The van der Waals surface area contributed by atoms with E-state index in [9.17, 15) is 17.6 Å². The average Bonchev–Trinajstić information content (AvgIpc) is 2.52. The first-order valence-corrected chi connectivity index (χ1v) is 9.80. The number of carbonyl (C=O) groups excluding carboxylic acids is 1. The summed E-state index contributed by atoms with van der Waals surface area (Å²) < 4.78 is 39.0. The van der Waals surface area contributed by atoms with E-state index in [1.165, 1.54) is 12.1 Å². The van der Waals surface area contributed by atoms with Crippen LogP contribution in [0.5, 0.6) is 0 Å². The number of carbonyl (C=O) groups is 1. The summed E-state index contributed by atoms with van der Waals surface area (Å²) in [6.45, 7) is 2.15. The van der Waals surface area contributed by atoms with Crippen LogP contribution in [0.1, 0.15) is 18.1 Å². The predicted molar refractivity (Wildman–Crippen MR) is 118 cm³/mol. The molecule has 1 atom stereocenters. The van der Waals surface area contributed by atoms with E-state index in [0.717, 1.165) is 16.8 Å². The lowest BCUT2D eigenvalue weighted by molar-refractivity contribution is -0.122. The van der Waals surface area contributed by atoms with Crippen molar-refractivity contribution in [1.82, 2.24) is 0 Å². The number of amides is 1. The molecule has 1 unspecified atom stereocenters. The Morgan fingerprint density at radius 2 is 1.66 bits per heavy atom. The van der Waals surface area contributed by atoms with Gasteiger partial charge >= 0.3 is 0 Å². The fourth-order valence-corrected chi connectivity index (χ4v) is 2.10. The van der Waals surface area contributed by atoms with Gasteiger partial charge in [-0.05, 0) is 48.7 Å². The highest BCUT2D eigenvalue weighted by Gasteiger charge is 2.25. The van der Waals surface area contributed by atoms with E-state index >= 15 is 0 Å². The Labute approximate surface area is 182 Å². The normalized spacial score (nSPS) is 12.2. The summed E-state index contributed by atoms with van der Waals surface area (Å²) in [5, 5.41) is 3.21. The van der Waals surface area contributed by atoms with E-state index in [-0.39, 0.29) is 30.6 Å². The Balaban J connectivity index is 0. The fourth-order valence-electron chi connectivity index (χ4n) is 2.10. The zero-order valence-electron chi connectivity index (χ0n) is 16.0. The third-order valence-corrected chi connectivity index (χ3v) is 3.47. The number of benzene rings is 2. The Morgan fingerprint density at radius 1 is 1.14 bits per heavy atom. The van der Waals surface area contributed by atoms with Crippen molar-refractivity contribution in [3.05, 3.63) is 65.5 Å². The van der Waals surface area contributed by atoms with E-state index in [2.05, 4.69) is 5.32 Å². The zero-order valence-corrected chi connectivity index (χ0v) is 18.4. The van der Waals surface area contributed by atoms with E-state index in [4.69, 9.17) is 16.0 Å². The molecule has 29 heavy (non-hydrogen) atoms. The van der Waals surface area contributed by atoms with Crippen LogP contribution >= 0.6 is 24.8 Å². The van der Waals surface area contributed by atoms with Gasteiger partial charge in [-0.3, -0.25) is 9.35 Å². The van der Waals surface area contributed by atoms with Crippen molar-refractivity contribution in [3.63, 3.8) is 0 Å². The van der Waals surface area contributed by atoms with Crippen LogP contribution in [0.25, 0.3) is 0 Å². The van der Waals surface area contributed by atoms with Gasteiger partial charge in [0.05, 0.1) is 11.8 Å². The summed E-state index contributed by atoms with van der Waals surface area (Å²) in [5.41, 5.74) is 12.8. The standard InChI is InChI=1S/C17H20FN3O.CH4O3S.2ClH/c1-17(20,16(19)22)10-12-5-7-15(8-6-12)21-11-13-3-2-4-14(18)9-13;1-5(2,3)4;;/h2-9,21H,10-11,20H2,1H3,(H2,19,22);1H3,(H,2,3,4);2*1H. The molecule has 0 saturated heterocycles. The van der Waals surface area contributed by atoms with Gasteiger partial charge in [0.25, 0.3) is 10.1 Å². The van der Waals surface area contributed by atoms with E-state index in [1.807, 2.05) is 30.3 Å². The van der Waals surface area contributed by atoms with Crippen LogP contribution in [0, 0.1) is 5.82 Å². The monoisotopic (exact) mass is 469 g/mol. The summed E-state index contributed by atoms with van der Waals surface area (Å²) in [5.74, 6) is -0.774. The highest BCUT2D eigenvalue weighted by Crippen LogP contribution is 2.15. The minimum Gasteiger partial charge on any atom is -0.381 e. The molecule has 0 bridgehead atoms. The number of nitrogens with two attached hydrogens (primary N) is 2. The van der Waals surface area contributed by atoms with Gasteiger partial charge in [-0.2, -0.15) is 8.42 Å². The molecule has 6 N–H and O–H groups in total. The minimum absolute atomic E-state index is 0. The van der Waals surface area contributed by atoms with E-state index < -0.39 is 21.6 Å². The van der Waals surface area contributed by atoms with Crippen LogP contribution in [0.2, 0.25) is 0 Å². The van der Waals surface area contributed by atoms with Crippen molar-refractivity contribution in [2.45, 2.75) is 25.4 Å². The molecule has 0 aromatic heterocycles. The molecular weight excluding hydrogens is 444 g/mol. The van der Waals surface area contributed by atoms with Gasteiger partial charge in [-0.15, -0.1) is 24.8 Å². The SMILES string of the molecule is CC(N)(Cc1ccc(NCc2cccc(F)c2)cc1)C(N)=O.CS(=O)(=O)O.Cl.Cl. The predicted octanol–water partition coefficient (Wildman–Crippen LogP) is 2.53. The molecule has 1 amide bonds. The van der Waals surface area contributed by atoms with Gasteiger partial charge in [-0.25, -0.2) is 4.39 Å². The number of hydrogen-bond acceptors (Lipinski definition) is 5. The maximum absolute atomic E-state index is 13.1. The first-order chi connectivity index (χ1) is 12.4. The maximum Gasteiger partial charge on any atom is 0.261 e. The molecule has 0 aliphatic carbocycles. The molecule has 0 fully saturated rings. The third kappa shape index (κ3) is 13.0. The van der Waals surface area contributed by atoms with Gasteiger partial charge in [0.2, 0.25) is 5.91 Å². The van der Waals surface area contributed by atoms with Crippen molar-refractivity contribution in [2.75, 3.05) is 11.6 Å². The van der Waals surface area contributed by atoms with Crippen molar-refractivity contribution >= 4 is 46.5 Å². The molecule has 0 aliphatic rings. The average molecular weight is 470 g/mol. The van der Waals surface area contributed by atoms with Gasteiger partial charge in [0.1, 0.15) is 5.82 Å². The highest BCUT2D eigenvalue weighted by atomic mass is 35.5. The molecule has 0 spiro atoms. The molecule has 0 radical (unpaired) electrons. The quantitative estimate of drug-likeness (QED) is 0.479. The van der Waals surface area contributed by atoms with Crippen LogP contribution in [-0.2, 0) is 27.9 Å². The second-order valence-corrected chi connectivity index (χ2v) is 7.84. The smallest absolute Gasteiger partial charge is 0.261 e. The highest BCUT2D eigenvalue weighted by molar-refractivity contribution is 7.85. The van der Waals surface area contributed by atoms with Crippen LogP contribution < -0.4 is 16.8 Å². The Bertz CT molecular complexity index is 871. The molecule has 164 valence electrons. The number of hydrogen-bond donors (Lipinski definition) is 4. The Hall–Kier alpha value is -1.91. The van der Waals surface area contributed by atoms with Crippen molar-refractivity contribution < 1.29 is 22.2 Å². The minimum atomic E-state index is -3.67. The topological polar surface area (TPSA) is 136 Å². The second-order valence-electron chi connectivity index (χ2n) is 6.37. The molecule has 0 saturated carbocycles. The lowest BCUT2D eigenvalue weighted by Gasteiger charge is -2.20. The number of primary amides is 1. The Kier molecular flexibility index (Phi) is 12.7.